The highest BCUT2D eigenvalue weighted by molar-refractivity contribution is 7.89. The second-order valence-corrected chi connectivity index (χ2v) is 6.05. The molecule has 0 aliphatic rings. The molecule has 19 heavy (non-hydrogen) atoms. The van der Waals surface area contributed by atoms with Gasteiger partial charge in [0, 0.05) is 0 Å². The predicted molar refractivity (Wildman–Crippen MR) is 61.5 cm³/mol. The first kappa shape index (κ1) is 15.5. The van der Waals surface area contributed by atoms with Crippen LogP contribution in [0.5, 0.6) is 0 Å². The third-order valence-electron chi connectivity index (χ3n) is 2.14. The highest BCUT2D eigenvalue weighted by atomic mass is 32.2. The average molecular weight is 292 g/mol. The van der Waals surface area contributed by atoms with E-state index >= 15 is 0 Å². The van der Waals surface area contributed by atoms with Gasteiger partial charge in [-0.15, -0.1) is 0 Å². The summed E-state index contributed by atoms with van der Waals surface area (Å²) in [6.45, 7) is 2.61. The van der Waals surface area contributed by atoms with Crippen molar-refractivity contribution < 1.29 is 21.6 Å². The molecule has 1 aromatic carbocycles. The lowest BCUT2D eigenvalue weighted by molar-refractivity contribution is -0.137. The molecule has 1 N–H and O–H groups in total. The Kier molecular flexibility index (Phi) is 3.93. The monoisotopic (exact) mass is 292 g/mol. The zero-order valence-corrected chi connectivity index (χ0v) is 10.9. The molecular weight excluding hydrogens is 281 g/mol. The van der Waals surface area contributed by atoms with Crippen molar-refractivity contribution in [3.05, 3.63) is 29.8 Å². The number of halogens is 3. The minimum Gasteiger partial charge on any atom is -0.207 e. The highest BCUT2D eigenvalue weighted by Gasteiger charge is 2.32. The molecule has 0 aromatic heterocycles. The molecule has 0 radical (unpaired) electrons. The molecule has 1 rings (SSSR count). The molecule has 0 fully saturated rings. The predicted octanol–water partition coefficient (Wildman–Crippen LogP) is 2.29. The molecule has 0 saturated heterocycles. The largest absolute Gasteiger partial charge is 0.416 e. The topological polar surface area (TPSA) is 70.0 Å². The molecule has 0 heterocycles. The first-order chi connectivity index (χ1) is 8.48. The molecule has 0 bridgehead atoms. The van der Waals surface area contributed by atoms with E-state index in [1.165, 1.54) is 13.8 Å². The van der Waals surface area contributed by atoms with Crippen LogP contribution < -0.4 is 4.72 Å². The van der Waals surface area contributed by atoms with E-state index in [9.17, 15) is 21.6 Å². The van der Waals surface area contributed by atoms with Crippen molar-refractivity contribution in [2.45, 2.75) is 30.5 Å². The molecule has 4 nitrogen and oxygen atoms in total. The van der Waals surface area contributed by atoms with Crippen LogP contribution in [-0.4, -0.2) is 14.0 Å². The summed E-state index contributed by atoms with van der Waals surface area (Å²) in [6, 6.07) is 5.02. The fourth-order valence-corrected chi connectivity index (χ4v) is 2.63. The number of nitrogens with one attached hydrogen (secondary N) is 1. The average Bonchev–Trinajstić information content (AvgIpc) is 2.27. The minimum atomic E-state index is -4.63. The second-order valence-electron chi connectivity index (χ2n) is 4.37. The normalized spacial score (nSPS) is 13.1. The Bertz CT molecular complexity index is 616. The molecule has 1 aromatic rings. The van der Waals surface area contributed by atoms with Gasteiger partial charge in [-0.05, 0) is 32.0 Å². The van der Waals surface area contributed by atoms with E-state index in [0.717, 1.165) is 18.2 Å². The van der Waals surface area contributed by atoms with Gasteiger partial charge in [-0.25, -0.2) is 8.42 Å². The lowest BCUT2D eigenvalue weighted by Crippen LogP contribution is -2.42. The van der Waals surface area contributed by atoms with Gasteiger partial charge >= 0.3 is 6.18 Å². The number of benzene rings is 1. The molecule has 0 aliphatic carbocycles. The number of nitriles is 1. The zero-order valence-electron chi connectivity index (χ0n) is 10.1. The van der Waals surface area contributed by atoms with Crippen LogP contribution in [0.4, 0.5) is 13.2 Å². The molecule has 104 valence electrons. The van der Waals surface area contributed by atoms with Crippen molar-refractivity contribution in [2.75, 3.05) is 0 Å². The molecule has 0 spiro atoms. The lowest BCUT2D eigenvalue weighted by atomic mass is 10.1. The minimum absolute atomic E-state index is 0.524. The van der Waals surface area contributed by atoms with Crippen molar-refractivity contribution >= 4 is 10.0 Å². The Labute approximate surface area is 108 Å². The van der Waals surface area contributed by atoms with Gasteiger partial charge in [-0.2, -0.15) is 23.2 Å². The molecule has 0 unspecified atom stereocenters. The van der Waals surface area contributed by atoms with Crippen LogP contribution in [0.15, 0.2) is 29.2 Å². The van der Waals surface area contributed by atoms with Crippen LogP contribution in [0.1, 0.15) is 19.4 Å². The fraction of sp³-hybridized carbons (Fsp3) is 0.364. The third kappa shape index (κ3) is 3.94. The number of sulfonamides is 1. The van der Waals surface area contributed by atoms with Crippen LogP contribution in [0.2, 0.25) is 0 Å². The fourth-order valence-electron chi connectivity index (χ4n) is 1.26. The summed E-state index contributed by atoms with van der Waals surface area (Å²) in [4.78, 5) is -0.536. The smallest absolute Gasteiger partial charge is 0.207 e. The van der Waals surface area contributed by atoms with E-state index in [2.05, 4.69) is 0 Å². The van der Waals surface area contributed by atoms with E-state index in [1.54, 1.807) is 6.07 Å². The number of rotatable bonds is 3. The summed E-state index contributed by atoms with van der Waals surface area (Å²) >= 11 is 0. The van der Waals surface area contributed by atoms with Crippen LogP contribution in [0.3, 0.4) is 0 Å². The summed E-state index contributed by atoms with van der Waals surface area (Å²) in [5.41, 5.74) is -2.47. The Morgan fingerprint density at radius 1 is 1.26 bits per heavy atom. The third-order valence-corrected chi connectivity index (χ3v) is 3.79. The molecule has 0 aliphatic heterocycles. The lowest BCUT2D eigenvalue weighted by Gasteiger charge is -2.18. The summed E-state index contributed by atoms with van der Waals surface area (Å²) in [7, 11) is -4.19. The maximum absolute atomic E-state index is 12.5. The first-order valence-corrected chi connectivity index (χ1v) is 6.59. The van der Waals surface area contributed by atoms with E-state index < -0.39 is 32.2 Å². The van der Waals surface area contributed by atoms with E-state index in [4.69, 9.17) is 5.26 Å². The summed E-state index contributed by atoms with van der Waals surface area (Å²) in [5, 5.41) is 8.73. The van der Waals surface area contributed by atoms with Gasteiger partial charge < -0.3 is 0 Å². The number of nitrogens with zero attached hydrogens (tertiary/aromatic N) is 1. The van der Waals surface area contributed by atoms with Gasteiger partial charge in [0.2, 0.25) is 10.0 Å². The maximum atomic E-state index is 12.5. The number of alkyl halides is 3. The van der Waals surface area contributed by atoms with Crippen LogP contribution >= 0.6 is 0 Å². The summed E-state index contributed by atoms with van der Waals surface area (Å²) < 4.78 is 63.2. The molecule has 0 saturated carbocycles. The van der Waals surface area contributed by atoms with E-state index in [0.29, 0.717) is 6.07 Å². The van der Waals surface area contributed by atoms with Crippen molar-refractivity contribution in [3.63, 3.8) is 0 Å². The van der Waals surface area contributed by atoms with Gasteiger partial charge in [0.15, 0.2) is 0 Å². The SMILES string of the molecule is CC(C)(C#N)NS(=O)(=O)c1cccc(C(F)(F)F)c1. The van der Waals surface area contributed by atoms with Crippen molar-refractivity contribution in [1.29, 1.82) is 5.26 Å². The summed E-state index contributed by atoms with van der Waals surface area (Å²) in [5.74, 6) is 0. The van der Waals surface area contributed by atoms with Gasteiger partial charge in [-0.3, -0.25) is 0 Å². The molecule has 8 heteroatoms. The Balaban J connectivity index is 3.21. The molecular formula is C11H11F3N2O2S. The molecule has 0 amide bonds. The quantitative estimate of drug-likeness (QED) is 0.929. The number of hydrogen-bond donors (Lipinski definition) is 1. The Hall–Kier alpha value is -1.59. The number of hydrogen-bond acceptors (Lipinski definition) is 3. The van der Waals surface area contributed by atoms with Gasteiger partial charge in [0.25, 0.3) is 0 Å². The van der Waals surface area contributed by atoms with Crippen LogP contribution in [0, 0.1) is 11.3 Å². The van der Waals surface area contributed by atoms with Crippen molar-refractivity contribution in [3.8, 4) is 6.07 Å². The van der Waals surface area contributed by atoms with Gasteiger partial charge in [0.1, 0.15) is 5.54 Å². The second kappa shape index (κ2) is 4.83. The Morgan fingerprint density at radius 2 is 1.84 bits per heavy atom. The molecule has 0 atom stereocenters. The Morgan fingerprint density at radius 3 is 2.32 bits per heavy atom. The van der Waals surface area contributed by atoms with Gasteiger partial charge in [-0.1, -0.05) is 6.07 Å². The van der Waals surface area contributed by atoms with Crippen molar-refractivity contribution in [1.82, 2.24) is 4.72 Å². The van der Waals surface area contributed by atoms with Crippen LogP contribution in [0.25, 0.3) is 0 Å². The van der Waals surface area contributed by atoms with E-state index in [-0.39, 0.29) is 0 Å². The van der Waals surface area contributed by atoms with Crippen molar-refractivity contribution in [2.24, 2.45) is 0 Å². The van der Waals surface area contributed by atoms with Gasteiger partial charge in [0.05, 0.1) is 16.5 Å². The maximum Gasteiger partial charge on any atom is 0.416 e. The van der Waals surface area contributed by atoms with E-state index in [1.807, 2.05) is 4.72 Å². The highest BCUT2D eigenvalue weighted by Crippen LogP contribution is 2.30. The van der Waals surface area contributed by atoms with Crippen LogP contribution in [-0.2, 0) is 16.2 Å². The zero-order chi connectivity index (χ0) is 14.9. The summed E-state index contributed by atoms with van der Waals surface area (Å²) in [6.07, 6.45) is -4.63. The first-order valence-electron chi connectivity index (χ1n) is 5.10. The standard InChI is InChI=1S/C11H11F3N2O2S/c1-10(2,7-15)16-19(17,18)9-5-3-4-8(6-9)11(12,13)14/h3-6,16H,1-2H3.